The van der Waals surface area contributed by atoms with E-state index in [-0.39, 0.29) is 0 Å². The van der Waals surface area contributed by atoms with Gasteiger partial charge in [0.2, 0.25) is 0 Å². The first-order valence-electron chi connectivity index (χ1n) is 6.39. The van der Waals surface area contributed by atoms with Crippen molar-refractivity contribution in [2.45, 2.75) is 69.2 Å². The maximum atomic E-state index is 2.47. The molecule has 15 heavy (non-hydrogen) atoms. The lowest BCUT2D eigenvalue weighted by atomic mass is 9.48. The summed E-state index contributed by atoms with van der Waals surface area (Å²) in [5, 5.41) is 0. The average Bonchev–Trinajstić information content (AvgIpc) is 1.99. The van der Waals surface area contributed by atoms with Crippen LogP contribution in [-0.2, 0) is 0 Å². The van der Waals surface area contributed by atoms with Crippen molar-refractivity contribution in [3.8, 4) is 0 Å². The summed E-state index contributed by atoms with van der Waals surface area (Å²) in [6.07, 6.45) is 0. The SMILES string of the molecule is CC(C)C(C)(C(C)C)C(C)(C)C(C)(C)C. The van der Waals surface area contributed by atoms with E-state index in [1.165, 1.54) is 0 Å². The predicted octanol–water partition coefficient (Wildman–Crippen LogP) is 5.38. The summed E-state index contributed by atoms with van der Waals surface area (Å²) in [4.78, 5) is 0. The van der Waals surface area contributed by atoms with Gasteiger partial charge in [-0.2, -0.15) is 0 Å². The molecule has 0 aliphatic carbocycles. The molecule has 0 bridgehead atoms. The van der Waals surface area contributed by atoms with Gasteiger partial charge in [0.05, 0.1) is 0 Å². The van der Waals surface area contributed by atoms with Gasteiger partial charge in [-0.3, -0.25) is 0 Å². The Hall–Kier alpha value is 0. The van der Waals surface area contributed by atoms with E-state index in [1.54, 1.807) is 0 Å². The molecule has 0 amide bonds. The third-order valence-corrected chi connectivity index (χ3v) is 5.62. The van der Waals surface area contributed by atoms with E-state index in [0.717, 1.165) is 0 Å². The van der Waals surface area contributed by atoms with Crippen molar-refractivity contribution in [1.29, 1.82) is 0 Å². The molecule has 0 fully saturated rings. The standard InChI is InChI=1S/C15H32/c1-11(2)15(10,12(3)4)14(8,9)13(5,6)7/h11-12H,1-10H3. The highest BCUT2D eigenvalue weighted by Gasteiger charge is 2.51. The summed E-state index contributed by atoms with van der Waals surface area (Å²) in [7, 11) is 0. The van der Waals surface area contributed by atoms with Gasteiger partial charge in [-0.1, -0.05) is 69.2 Å². The molecular weight excluding hydrogens is 180 g/mol. The molecule has 0 aliphatic heterocycles. The molecular formula is C15H32. The highest BCUT2D eigenvalue weighted by Crippen LogP contribution is 2.58. The third kappa shape index (κ3) is 2.24. The predicted molar refractivity (Wildman–Crippen MR) is 71.0 cm³/mol. The molecule has 0 aliphatic rings. The average molecular weight is 212 g/mol. The van der Waals surface area contributed by atoms with Crippen LogP contribution in [0.5, 0.6) is 0 Å². The fourth-order valence-corrected chi connectivity index (χ4v) is 2.92. The molecule has 0 nitrogen and oxygen atoms in total. The Kier molecular flexibility index (Phi) is 4.11. The summed E-state index contributed by atoms with van der Waals surface area (Å²) in [5.41, 5.74) is 1.06. The molecule has 0 aromatic carbocycles. The second-order valence-corrected chi connectivity index (χ2v) is 7.47. The molecule has 92 valence electrons. The topological polar surface area (TPSA) is 0 Å². The van der Waals surface area contributed by atoms with E-state index in [9.17, 15) is 0 Å². The van der Waals surface area contributed by atoms with Gasteiger partial charge >= 0.3 is 0 Å². The number of hydrogen-bond donors (Lipinski definition) is 0. The van der Waals surface area contributed by atoms with Crippen LogP contribution in [0.3, 0.4) is 0 Å². The van der Waals surface area contributed by atoms with Crippen LogP contribution in [0.1, 0.15) is 69.2 Å². The van der Waals surface area contributed by atoms with E-state index in [1.807, 2.05) is 0 Å². The monoisotopic (exact) mass is 212 g/mol. The molecule has 0 saturated heterocycles. The Morgan fingerprint density at radius 3 is 0.933 bits per heavy atom. The van der Waals surface area contributed by atoms with Crippen molar-refractivity contribution >= 4 is 0 Å². The highest BCUT2D eigenvalue weighted by atomic mass is 14.6. The first kappa shape index (κ1) is 15.0. The van der Waals surface area contributed by atoms with Gasteiger partial charge in [-0.25, -0.2) is 0 Å². The van der Waals surface area contributed by atoms with E-state index >= 15 is 0 Å². The number of hydrogen-bond acceptors (Lipinski definition) is 0. The maximum absolute atomic E-state index is 2.47. The molecule has 0 unspecified atom stereocenters. The Labute approximate surface area is 97.8 Å². The zero-order chi connectivity index (χ0) is 12.7. The van der Waals surface area contributed by atoms with E-state index in [2.05, 4.69) is 69.2 Å². The van der Waals surface area contributed by atoms with Crippen molar-refractivity contribution in [1.82, 2.24) is 0 Å². The normalized spacial score (nSPS) is 15.2. The smallest absolute Gasteiger partial charge is 0.0224 e. The minimum atomic E-state index is 0.336. The van der Waals surface area contributed by atoms with Crippen LogP contribution in [0.15, 0.2) is 0 Å². The summed E-state index contributed by atoms with van der Waals surface area (Å²) in [6.45, 7) is 23.9. The Bertz CT molecular complexity index is 193. The van der Waals surface area contributed by atoms with Crippen LogP contribution >= 0.6 is 0 Å². The lowest BCUT2D eigenvalue weighted by Gasteiger charge is -2.57. The van der Waals surface area contributed by atoms with Crippen molar-refractivity contribution < 1.29 is 0 Å². The number of rotatable bonds is 3. The van der Waals surface area contributed by atoms with Gasteiger partial charge in [0.25, 0.3) is 0 Å². The van der Waals surface area contributed by atoms with Gasteiger partial charge in [0.15, 0.2) is 0 Å². The van der Waals surface area contributed by atoms with Crippen LogP contribution in [0, 0.1) is 28.1 Å². The van der Waals surface area contributed by atoms with Gasteiger partial charge in [0.1, 0.15) is 0 Å². The van der Waals surface area contributed by atoms with Crippen molar-refractivity contribution in [3.63, 3.8) is 0 Å². The zero-order valence-corrected chi connectivity index (χ0v) is 12.7. The minimum absolute atomic E-state index is 0.336. The molecule has 0 rings (SSSR count). The third-order valence-electron chi connectivity index (χ3n) is 5.62. The van der Waals surface area contributed by atoms with Crippen molar-refractivity contribution in [2.24, 2.45) is 28.1 Å². The summed E-state index contributed by atoms with van der Waals surface area (Å²) in [5.74, 6) is 1.43. The molecule has 0 aromatic heterocycles. The zero-order valence-electron chi connectivity index (χ0n) is 12.7. The summed E-state index contributed by atoms with van der Waals surface area (Å²) >= 11 is 0. The fourth-order valence-electron chi connectivity index (χ4n) is 2.92. The van der Waals surface area contributed by atoms with Crippen LogP contribution in [0.25, 0.3) is 0 Å². The molecule has 0 spiro atoms. The highest BCUT2D eigenvalue weighted by molar-refractivity contribution is 4.99. The Balaban J connectivity index is 5.46. The molecule has 0 atom stereocenters. The van der Waals surface area contributed by atoms with Crippen molar-refractivity contribution in [3.05, 3.63) is 0 Å². The maximum Gasteiger partial charge on any atom is -0.0224 e. The quantitative estimate of drug-likeness (QED) is 0.589. The largest absolute Gasteiger partial charge is 0.0622 e. The first-order chi connectivity index (χ1) is 6.39. The molecule has 0 radical (unpaired) electrons. The Morgan fingerprint density at radius 1 is 0.600 bits per heavy atom. The van der Waals surface area contributed by atoms with Gasteiger partial charge in [-0.05, 0) is 28.1 Å². The molecule has 0 heteroatoms. The van der Waals surface area contributed by atoms with Crippen LogP contribution in [-0.4, -0.2) is 0 Å². The summed E-state index contributed by atoms with van der Waals surface area (Å²) in [6, 6.07) is 0. The van der Waals surface area contributed by atoms with Crippen molar-refractivity contribution in [2.75, 3.05) is 0 Å². The van der Waals surface area contributed by atoms with Crippen LogP contribution < -0.4 is 0 Å². The van der Waals surface area contributed by atoms with Gasteiger partial charge in [-0.15, -0.1) is 0 Å². The van der Waals surface area contributed by atoms with Gasteiger partial charge < -0.3 is 0 Å². The van der Waals surface area contributed by atoms with E-state index in [4.69, 9.17) is 0 Å². The van der Waals surface area contributed by atoms with Gasteiger partial charge in [0, 0.05) is 0 Å². The van der Waals surface area contributed by atoms with E-state index < -0.39 is 0 Å². The molecule has 0 heterocycles. The lowest BCUT2D eigenvalue weighted by molar-refractivity contribution is -0.0848. The Morgan fingerprint density at radius 2 is 0.867 bits per heavy atom. The van der Waals surface area contributed by atoms with Crippen LogP contribution in [0.2, 0.25) is 0 Å². The minimum Gasteiger partial charge on any atom is -0.0622 e. The van der Waals surface area contributed by atoms with E-state index in [0.29, 0.717) is 28.1 Å². The molecule has 0 N–H and O–H groups in total. The lowest BCUT2D eigenvalue weighted by Crippen LogP contribution is -2.50. The van der Waals surface area contributed by atoms with Crippen LogP contribution in [0.4, 0.5) is 0 Å². The first-order valence-corrected chi connectivity index (χ1v) is 6.39. The fraction of sp³-hybridized carbons (Fsp3) is 1.00. The second-order valence-electron chi connectivity index (χ2n) is 7.47. The second kappa shape index (κ2) is 4.11. The summed E-state index contributed by atoms with van der Waals surface area (Å²) < 4.78 is 0. The molecule has 0 saturated carbocycles. The molecule has 0 aromatic rings.